The molecule has 0 atom stereocenters. The quantitative estimate of drug-likeness (QED) is 0.593. The van der Waals surface area contributed by atoms with E-state index in [0.717, 1.165) is 19.1 Å². The van der Waals surface area contributed by atoms with E-state index in [1.807, 2.05) is 4.72 Å². The standard InChI is InChI=1S/C5H10N2O3S/c1-11(9,10)7-5(8)6-4-2-3-4/h4H,2-3H2,1H3,(H2,6,7,8). The van der Waals surface area contributed by atoms with Gasteiger partial charge in [-0.05, 0) is 12.8 Å². The lowest BCUT2D eigenvalue weighted by Crippen LogP contribution is -2.39. The van der Waals surface area contributed by atoms with Gasteiger partial charge in [0.1, 0.15) is 0 Å². The fraction of sp³-hybridized carbons (Fsp3) is 0.800. The molecule has 1 aliphatic carbocycles. The van der Waals surface area contributed by atoms with E-state index in [-0.39, 0.29) is 6.04 Å². The van der Waals surface area contributed by atoms with Crippen LogP contribution in [0.15, 0.2) is 0 Å². The summed E-state index contributed by atoms with van der Waals surface area (Å²) in [6.07, 6.45) is 2.83. The molecule has 0 radical (unpaired) electrons. The molecule has 1 rings (SSSR count). The molecule has 0 bridgehead atoms. The SMILES string of the molecule is CS(=O)(=O)NC(=O)NC1CC1. The second kappa shape index (κ2) is 2.69. The number of rotatable bonds is 2. The Bertz CT molecular complexity index is 255. The highest BCUT2D eigenvalue weighted by Gasteiger charge is 2.23. The number of carbonyl (C=O) groups is 1. The van der Waals surface area contributed by atoms with E-state index >= 15 is 0 Å². The van der Waals surface area contributed by atoms with Gasteiger partial charge in [-0.3, -0.25) is 0 Å². The van der Waals surface area contributed by atoms with E-state index in [1.165, 1.54) is 0 Å². The lowest BCUT2D eigenvalue weighted by Gasteiger charge is -2.02. The summed E-state index contributed by atoms with van der Waals surface area (Å²) in [5.41, 5.74) is 0. The first-order valence-corrected chi connectivity index (χ1v) is 5.15. The van der Waals surface area contributed by atoms with Gasteiger partial charge >= 0.3 is 6.03 Å². The molecule has 11 heavy (non-hydrogen) atoms. The van der Waals surface area contributed by atoms with Gasteiger partial charge in [0.25, 0.3) is 0 Å². The van der Waals surface area contributed by atoms with E-state index in [9.17, 15) is 13.2 Å². The van der Waals surface area contributed by atoms with Crippen molar-refractivity contribution in [1.29, 1.82) is 0 Å². The zero-order valence-corrected chi connectivity index (χ0v) is 6.94. The van der Waals surface area contributed by atoms with Gasteiger partial charge in [0, 0.05) is 6.04 Å². The van der Waals surface area contributed by atoms with Gasteiger partial charge in [0.05, 0.1) is 6.26 Å². The van der Waals surface area contributed by atoms with Crippen molar-refractivity contribution in [2.24, 2.45) is 0 Å². The molecule has 1 fully saturated rings. The lowest BCUT2D eigenvalue weighted by molar-refractivity contribution is 0.245. The average Bonchev–Trinajstić information content (AvgIpc) is 2.42. The molecule has 0 heterocycles. The maximum Gasteiger partial charge on any atom is 0.328 e. The van der Waals surface area contributed by atoms with Crippen molar-refractivity contribution in [3.8, 4) is 0 Å². The molecule has 2 N–H and O–H groups in total. The second-order valence-electron chi connectivity index (χ2n) is 2.62. The third-order valence-electron chi connectivity index (χ3n) is 1.19. The molecule has 0 aromatic heterocycles. The molecule has 0 unspecified atom stereocenters. The second-order valence-corrected chi connectivity index (χ2v) is 4.37. The van der Waals surface area contributed by atoms with E-state index in [2.05, 4.69) is 5.32 Å². The maximum atomic E-state index is 10.7. The zero-order valence-electron chi connectivity index (χ0n) is 6.12. The topological polar surface area (TPSA) is 75.3 Å². The van der Waals surface area contributed by atoms with Gasteiger partial charge in [-0.15, -0.1) is 0 Å². The van der Waals surface area contributed by atoms with Crippen LogP contribution in [0.25, 0.3) is 0 Å². The molecule has 0 aromatic carbocycles. The van der Waals surface area contributed by atoms with E-state index < -0.39 is 16.1 Å². The van der Waals surface area contributed by atoms with Gasteiger partial charge in [0.2, 0.25) is 10.0 Å². The minimum absolute atomic E-state index is 0.178. The molecule has 2 amide bonds. The maximum absolute atomic E-state index is 10.7. The van der Waals surface area contributed by atoms with Crippen molar-refractivity contribution >= 4 is 16.1 Å². The monoisotopic (exact) mass is 178 g/mol. The molecule has 64 valence electrons. The molecule has 5 nitrogen and oxygen atoms in total. The van der Waals surface area contributed by atoms with Crippen LogP contribution in [0, 0.1) is 0 Å². The Balaban J connectivity index is 2.30. The minimum atomic E-state index is -3.40. The summed E-state index contributed by atoms with van der Waals surface area (Å²) < 4.78 is 22.8. The third kappa shape index (κ3) is 3.82. The summed E-state index contributed by atoms with van der Waals surface area (Å²) in [4.78, 5) is 10.7. The summed E-state index contributed by atoms with van der Waals surface area (Å²) in [5, 5.41) is 2.48. The number of amides is 2. The average molecular weight is 178 g/mol. The molecular formula is C5H10N2O3S. The Kier molecular flexibility index (Phi) is 2.03. The Morgan fingerprint density at radius 3 is 2.36 bits per heavy atom. The summed E-state index contributed by atoms with van der Waals surface area (Å²) in [7, 11) is -3.40. The molecule has 0 saturated heterocycles. The van der Waals surface area contributed by atoms with Gasteiger partial charge in [-0.2, -0.15) is 0 Å². The molecule has 0 aliphatic heterocycles. The molecular weight excluding hydrogens is 168 g/mol. The highest BCUT2D eigenvalue weighted by Crippen LogP contribution is 2.18. The predicted molar refractivity (Wildman–Crippen MR) is 39.5 cm³/mol. The van der Waals surface area contributed by atoms with Crippen LogP contribution in [0.5, 0.6) is 0 Å². The first kappa shape index (κ1) is 8.32. The van der Waals surface area contributed by atoms with Crippen molar-refractivity contribution in [1.82, 2.24) is 10.0 Å². The van der Waals surface area contributed by atoms with Crippen molar-refractivity contribution < 1.29 is 13.2 Å². The van der Waals surface area contributed by atoms with Crippen LogP contribution in [0.1, 0.15) is 12.8 Å². The van der Waals surface area contributed by atoms with Crippen molar-refractivity contribution in [2.75, 3.05) is 6.26 Å². The fourth-order valence-corrected chi connectivity index (χ4v) is 1.01. The largest absolute Gasteiger partial charge is 0.335 e. The Morgan fingerprint density at radius 1 is 1.45 bits per heavy atom. The van der Waals surface area contributed by atoms with E-state index in [1.54, 1.807) is 0 Å². The van der Waals surface area contributed by atoms with Crippen LogP contribution in [-0.4, -0.2) is 26.7 Å². The van der Waals surface area contributed by atoms with Crippen LogP contribution in [0.4, 0.5) is 4.79 Å². The number of carbonyl (C=O) groups excluding carboxylic acids is 1. The number of hydrogen-bond donors (Lipinski definition) is 2. The summed E-state index contributed by atoms with van der Waals surface area (Å²) >= 11 is 0. The van der Waals surface area contributed by atoms with Crippen molar-refractivity contribution in [3.05, 3.63) is 0 Å². The molecule has 0 aromatic rings. The van der Waals surface area contributed by atoms with Crippen LogP contribution < -0.4 is 10.0 Å². The van der Waals surface area contributed by atoms with Gasteiger partial charge in [-0.1, -0.05) is 0 Å². The van der Waals surface area contributed by atoms with Crippen molar-refractivity contribution in [3.63, 3.8) is 0 Å². The first-order chi connectivity index (χ1) is 4.97. The Labute approximate surface area is 65.2 Å². The van der Waals surface area contributed by atoms with Gasteiger partial charge in [0.15, 0.2) is 0 Å². The summed E-state index contributed by atoms with van der Waals surface area (Å²) in [6, 6.07) is -0.452. The van der Waals surface area contributed by atoms with Crippen LogP contribution in [0.3, 0.4) is 0 Å². The van der Waals surface area contributed by atoms with Gasteiger partial charge in [-0.25, -0.2) is 17.9 Å². The molecule has 6 heteroatoms. The Hall–Kier alpha value is -0.780. The first-order valence-electron chi connectivity index (χ1n) is 3.26. The number of nitrogens with one attached hydrogen (secondary N) is 2. The Morgan fingerprint density at radius 2 is 2.00 bits per heavy atom. The third-order valence-corrected chi connectivity index (χ3v) is 1.75. The minimum Gasteiger partial charge on any atom is -0.335 e. The highest BCUT2D eigenvalue weighted by atomic mass is 32.2. The number of hydrogen-bond acceptors (Lipinski definition) is 3. The van der Waals surface area contributed by atoms with Crippen molar-refractivity contribution in [2.45, 2.75) is 18.9 Å². The highest BCUT2D eigenvalue weighted by molar-refractivity contribution is 7.89. The number of sulfonamides is 1. The fourth-order valence-electron chi connectivity index (χ4n) is 0.611. The van der Waals surface area contributed by atoms with Gasteiger partial charge < -0.3 is 5.32 Å². The molecule has 1 aliphatic rings. The molecule has 1 saturated carbocycles. The normalized spacial score (nSPS) is 17.5. The van der Waals surface area contributed by atoms with Crippen LogP contribution in [-0.2, 0) is 10.0 Å². The van der Waals surface area contributed by atoms with Crippen LogP contribution >= 0.6 is 0 Å². The van der Waals surface area contributed by atoms with E-state index in [4.69, 9.17) is 0 Å². The zero-order chi connectivity index (χ0) is 8.48. The molecule has 0 spiro atoms. The number of urea groups is 1. The lowest BCUT2D eigenvalue weighted by atomic mass is 10.7. The smallest absolute Gasteiger partial charge is 0.328 e. The van der Waals surface area contributed by atoms with E-state index in [0.29, 0.717) is 0 Å². The summed E-state index contributed by atoms with van der Waals surface area (Å²) in [6.45, 7) is 0. The summed E-state index contributed by atoms with van der Waals surface area (Å²) in [5.74, 6) is 0. The van der Waals surface area contributed by atoms with Crippen LogP contribution in [0.2, 0.25) is 0 Å². The predicted octanol–water partition coefficient (Wildman–Crippen LogP) is -0.592.